The zero-order chi connectivity index (χ0) is 15.9. The minimum absolute atomic E-state index is 0.0489. The van der Waals surface area contributed by atoms with E-state index in [-0.39, 0.29) is 10.7 Å². The van der Waals surface area contributed by atoms with Crippen LogP contribution in [0.25, 0.3) is 11.1 Å². The highest BCUT2D eigenvalue weighted by atomic mass is 35.5. The van der Waals surface area contributed by atoms with Crippen LogP contribution in [0, 0.1) is 0 Å². The molecule has 0 aliphatic rings. The minimum atomic E-state index is -0.138. The number of thioether (sulfide) groups is 1. The molecule has 0 saturated carbocycles. The first-order valence-electron chi connectivity index (χ1n) is 6.90. The molecule has 0 fully saturated rings. The van der Waals surface area contributed by atoms with Crippen LogP contribution in [0.5, 0.6) is 0 Å². The van der Waals surface area contributed by atoms with E-state index < -0.39 is 0 Å². The monoisotopic (exact) mass is 337 g/mol. The van der Waals surface area contributed by atoms with Gasteiger partial charge in [-0.05, 0) is 25.1 Å². The Hall–Kier alpha value is -1.53. The Morgan fingerprint density at radius 3 is 2.68 bits per heavy atom. The Kier molecular flexibility index (Phi) is 3.91. The van der Waals surface area contributed by atoms with Crippen molar-refractivity contribution >= 4 is 34.5 Å². The maximum atomic E-state index is 5.95. The largest absolute Gasteiger partial charge is 0.431 e. The third-order valence-electron chi connectivity index (χ3n) is 3.07. The molecule has 3 rings (SSSR count). The average molecular weight is 338 g/mol. The van der Waals surface area contributed by atoms with E-state index in [9.17, 15) is 0 Å². The summed E-state index contributed by atoms with van der Waals surface area (Å²) in [5.41, 5.74) is 1.31. The van der Waals surface area contributed by atoms with Crippen molar-refractivity contribution in [1.82, 2.24) is 15.1 Å². The summed E-state index contributed by atoms with van der Waals surface area (Å²) in [6.07, 6.45) is 0. The summed E-state index contributed by atoms with van der Waals surface area (Å²) in [5.74, 6) is 1.26. The lowest BCUT2D eigenvalue weighted by molar-refractivity contribution is 0.363. The standard InChI is InChI=1S/C15H16ClN3O2S/c1-8(12-18-13(19-21-12)15(2,3)4)22-14-17-10-7-9(16)5-6-11(10)20-14/h5-8H,1-4H3. The van der Waals surface area contributed by atoms with Crippen LogP contribution < -0.4 is 0 Å². The number of oxazole rings is 1. The summed E-state index contributed by atoms with van der Waals surface area (Å²) in [6.45, 7) is 8.12. The molecule has 0 radical (unpaired) electrons. The van der Waals surface area contributed by atoms with Gasteiger partial charge in [0, 0.05) is 10.4 Å². The molecule has 0 spiro atoms. The first-order valence-corrected chi connectivity index (χ1v) is 8.15. The Bertz CT molecular complexity index is 807. The number of halogens is 1. The third-order valence-corrected chi connectivity index (χ3v) is 4.23. The van der Waals surface area contributed by atoms with Crippen LogP contribution in [0.3, 0.4) is 0 Å². The number of fused-ring (bicyclic) bond motifs is 1. The normalized spacial score (nSPS) is 13.7. The molecule has 22 heavy (non-hydrogen) atoms. The Morgan fingerprint density at radius 1 is 1.23 bits per heavy atom. The zero-order valence-corrected chi connectivity index (χ0v) is 14.3. The Labute approximate surface area is 137 Å². The molecule has 0 aliphatic carbocycles. The zero-order valence-electron chi connectivity index (χ0n) is 12.8. The molecule has 1 unspecified atom stereocenters. The molecule has 2 heterocycles. The first-order chi connectivity index (χ1) is 10.3. The van der Waals surface area contributed by atoms with E-state index in [0.29, 0.717) is 27.5 Å². The second-order valence-electron chi connectivity index (χ2n) is 6.06. The van der Waals surface area contributed by atoms with Gasteiger partial charge in [0.2, 0.25) is 5.89 Å². The summed E-state index contributed by atoms with van der Waals surface area (Å²) < 4.78 is 11.0. The van der Waals surface area contributed by atoms with Crippen molar-refractivity contribution in [2.75, 3.05) is 0 Å². The smallest absolute Gasteiger partial charge is 0.257 e. The van der Waals surface area contributed by atoms with Crippen molar-refractivity contribution in [2.45, 2.75) is 43.6 Å². The fraction of sp³-hybridized carbons (Fsp3) is 0.400. The number of hydrogen-bond acceptors (Lipinski definition) is 6. The minimum Gasteiger partial charge on any atom is -0.431 e. The number of benzene rings is 1. The molecule has 1 atom stereocenters. The van der Waals surface area contributed by atoms with Gasteiger partial charge in [-0.2, -0.15) is 4.98 Å². The fourth-order valence-electron chi connectivity index (χ4n) is 1.84. The second-order valence-corrected chi connectivity index (χ2v) is 7.79. The Balaban J connectivity index is 1.80. The third kappa shape index (κ3) is 3.13. The number of nitrogens with zero attached hydrogens (tertiary/aromatic N) is 3. The van der Waals surface area contributed by atoms with Gasteiger partial charge in [-0.15, -0.1) is 0 Å². The van der Waals surface area contributed by atoms with Gasteiger partial charge < -0.3 is 8.94 Å². The van der Waals surface area contributed by atoms with Crippen LogP contribution in [0.2, 0.25) is 5.02 Å². The van der Waals surface area contributed by atoms with Crippen molar-refractivity contribution in [3.05, 3.63) is 34.9 Å². The molecule has 5 nitrogen and oxygen atoms in total. The summed E-state index contributed by atoms with van der Waals surface area (Å²) in [6, 6.07) is 5.36. The van der Waals surface area contributed by atoms with Gasteiger partial charge in [-0.1, -0.05) is 49.3 Å². The van der Waals surface area contributed by atoms with Gasteiger partial charge in [0.15, 0.2) is 11.4 Å². The van der Waals surface area contributed by atoms with Crippen LogP contribution in [0.1, 0.15) is 44.7 Å². The molecule has 2 aromatic heterocycles. The van der Waals surface area contributed by atoms with Crippen molar-refractivity contribution in [1.29, 1.82) is 0 Å². The average Bonchev–Trinajstić information content (AvgIpc) is 3.03. The molecule has 7 heteroatoms. The fourth-order valence-corrected chi connectivity index (χ4v) is 2.79. The first kappa shape index (κ1) is 15.4. The summed E-state index contributed by atoms with van der Waals surface area (Å²) in [7, 11) is 0. The van der Waals surface area contributed by atoms with E-state index in [1.807, 2.05) is 33.8 Å². The highest BCUT2D eigenvalue weighted by Gasteiger charge is 2.24. The highest BCUT2D eigenvalue weighted by molar-refractivity contribution is 7.99. The molecule has 116 valence electrons. The number of rotatable bonds is 3. The van der Waals surface area contributed by atoms with Crippen molar-refractivity contribution in [3.63, 3.8) is 0 Å². The van der Waals surface area contributed by atoms with Crippen LogP contribution >= 0.6 is 23.4 Å². The van der Waals surface area contributed by atoms with Gasteiger partial charge in [-0.25, -0.2) is 4.98 Å². The lowest BCUT2D eigenvalue weighted by Crippen LogP contribution is -2.13. The van der Waals surface area contributed by atoms with Gasteiger partial charge >= 0.3 is 0 Å². The van der Waals surface area contributed by atoms with E-state index in [1.165, 1.54) is 11.8 Å². The lowest BCUT2D eigenvalue weighted by atomic mass is 9.96. The van der Waals surface area contributed by atoms with Crippen LogP contribution in [-0.4, -0.2) is 15.1 Å². The summed E-state index contributed by atoms with van der Waals surface area (Å²) >= 11 is 7.39. The van der Waals surface area contributed by atoms with Gasteiger partial charge in [0.1, 0.15) is 5.52 Å². The van der Waals surface area contributed by atoms with Crippen molar-refractivity contribution in [3.8, 4) is 0 Å². The van der Waals surface area contributed by atoms with Crippen molar-refractivity contribution < 1.29 is 8.94 Å². The number of aromatic nitrogens is 3. The summed E-state index contributed by atoms with van der Waals surface area (Å²) in [4.78, 5) is 8.87. The second kappa shape index (κ2) is 5.59. The van der Waals surface area contributed by atoms with Gasteiger partial charge in [0.05, 0.1) is 5.25 Å². The molecule has 0 N–H and O–H groups in total. The Morgan fingerprint density at radius 2 is 2.00 bits per heavy atom. The molecular weight excluding hydrogens is 322 g/mol. The van der Waals surface area contributed by atoms with Gasteiger partial charge in [0.25, 0.3) is 5.22 Å². The van der Waals surface area contributed by atoms with E-state index in [4.69, 9.17) is 20.5 Å². The predicted octanol–water partition coefficient (Wildman–Crippen LogP) is 5.02. The van der Waals surface area contributed by atoms with Gasteiger partial charge in [-0.3, -0.25) is 0 Å². The quantitative estimate of drug-likeness (QED) is 0.625. The highest BCUT2D eigenvalue weighted by Crippen LogP contribution is 2.36. The molecule has 3 aromatic rings. The van der Waals surface area contributed by atoms with E-state index >= 15 is 0 Å². The van der Waals surface area contributed by atoms with E-state index in [0.717, 1.165) is 5.52 Å². The van der Waals surface area contributed by atoms with Crippen LogP contribution in [-0.2, 0) is 5.41 Å². The van der Waals surface area contributed by atoms with Crippen molar-refractivity contribution in [2.24, 2.45) is 0 Å². The molecule has 0 saturated heterocycles. The van der Waals surface area contributed by atoms with E-state index in [1.54, 1.807) is 12.1 Å². The molecule has 0 aliphatic heterocycles. The maximum absolute atomic E-state index is 5.95. The molecule has 1 aromatic carbocycles. The van der Waals surface area contributed by atoms with Crippen LogP contribution in [0.15, 0.2) is 32.4 Å². The maximum Gasteiger partial charge on any atom is 0.257 e. The lowest BCUT2D eigenvalue weighted by Gasteiger charge is -2.11. The summed E-state index contributed by atoms with van der Waals surface area (Å²) in [5, 5.41) is 5.18. The molecule has 0 bridgehead atoms. The van der Waals surface area contributed by atoms with E-state index in [2.05, 4.69) is 15.1 Å². The molecule has 0 amide bonds. The predicted molar refractivity (Wildman–Crippen MR) is 86.3 cm³/mol. The SMILES string of the molecule is CC(Sc1nc2cc(Cl)ccc2o1)c1nc(C(C)(C)C)no1. The number of hydrogen-bond donors (Lipinski definition) is 0. The molecular formula is C15H16ClN3O2S. The van der Waals surface area contributed by atoms with Crippen LogP contribution in [0.4, 0.5) is 0 Å². The topological polar surface area (TPSA) is 65.0 Å².